The van der Waals surface area contributed by atoms with E-state index < -0.39 is 23.6 Å². The molecule has 0 radical (unpaired) electrons. The Morgan fingerprint density at radius 3 is 2.60 bits per heavy atom. The monoisotopic (exact) mass is 282 g/mol. The Balaban J connectivity index is 2.07. The first-order valence-corrected chi connectivity index (χ1v) is 5.76. The number of nitrogens with two attached hydrogens (primary N) is 1. The van der Waals surface area contributed by atoms with Crippen LogP contribution < -0.4 is 5.73 Å². The van der Waals surface area contributed by atoms with Gasteiger partial charge in [-0.1, -0.05) is 5.21 Å². The van der Waals surface area contributed by atoms with Crippen molar-refractivity contribution in [2.24, 2.45) is 5.73 Å². The fourth-order valence-corrected chi connectivity index (χ4v) is 1.71. The van der Waals surface area contributed by atoms with E-state index in [4.69, 9.17) is 10.8 Å². The number of carboxylic acids is 1. The lowest BCUT2D eigenvalue weighted by Crippen LogP contribution is -2.32. The molecule has 1 aromatic carbocycles. The summed E-state index contributed by atoms with van der Waals surface area (Å²) in [5.41, 5.74) is 6.16. The number of hydrogen-bond donors (Lipinski definition) is 2. The van der Waals surface area contributed by atoms with E-state index in [1.807, 2.05) is 0 Å². The summed E-state index contributed by atoms with van der Waals surface area (Å²) >= 11 is 0. The van der Waals surface area contributed by atoms with Gasteiger partial charge >= 0.3 is 5.97 Å². The summed E-state index contributed by atoms with van der Waals surface area (Å²) in [7, 11) is 0. The van der Waals surface area contributed by atoms with Gasteiger partial charge < -0.3 is 10.8 Å². The maximum absolute atomic E-state index is 13.0. The molecule has 1 aromatic heterocycles. The van der Waals surface area contributed by atoms with Gasteiger partial charge in [0.1, 0.15) is 17.7 Å². The maximum Gasteiger partial charge on any atom is 0.320 e. The molecule has 0 aliphatic rings. The predicted molar refractivity (Wildman–Crippen MR) is 64.8 cm³/mol. The van der Waals surface area contributed by atoms with E-state index in [1.54, 1.807) is 0 Å². The number of aromatic nitrogens is 3. The topological polar surface area (TPSA) is 94.0 Å². The van der Waals surface area contributed by atoms with Gasteiger partial charge in [-0.15, -0.1) is 5.10 Å². The second-order valence-corrected chi connectivity index (χ2v) is 4.33. The first-order valence-electron chi connectivity index (χ1n) is 5.76. The van der Waals surface area contributed by atoms with Gasteiger partial charge in [-0.2, -0.15) is 0 Å². The van der Waals surface area contributed by atoms with Crippen LogP contribution in [0.5, 0.6) is 0 Å². The quantitative estimate of drug-likeness (QED) is 0.835. The zero-order valence-corrected chi connectivity index (χ0v) is 10.3. The number of nitrogens with zero attached hydrogens (tertiary/aromatic N) is 3. The Morgan fingerprint density at radius 1 is 1.35 bits per heavy atom. The maximum atomic E-state index is 13.0. The van der Waals surface area contributed by atoms with E-state index in [1.165, 1.54) is 23.0 Å². The van der Waals surface area contributed by atoms with Crippen molar-refractivity contribution in [3.05, 3.63) is 47.3 Å². The average molecular weight is 282 g/mol. The SMILES string of the molecule is NC(Cc1cn(Cc2cc(F)cc(F)c2)nn1)C(=O)O. The molecular weight excluding hydrogens is 270 g/mol. The average Bonchev–Trinajstić information content (AvgIpc) is 2.74. The molecule has 0 bridgehead atoms. The zero-order chi connectivity index (χ0) is 14.7. The molecule has 0 amide bonds. The second kappa shape index (κ2) is 5.74. The van der Waals surface area contributed by atoms with E-state index in [-0.39, 0.29) is 13.0 Å². The first-order chi connectivity index (χ1) is 9.44. The Hall–Kier alpha value is -2.35. The summed E-state index contributed by atoms with van der Waals surface area (Å²) in [6, 6.07) is 2.09. The van der Waals surface area contributed by atoms with Crippen LogP contribution in [0.25, 0.3) is 0 Å². The molecule has 0 aliphatic heterocycles. The summed E-state index contributed by atoms with van der Waals surface area (Å²) in [5.74, 6) is -2.48. The molecule has 2 aromatic rings. The normalized spacial score (nSPS) is 12.3. The van der Waals surface area contributed by atoms with Crippen molar-refractivity contribution in [1.82, 2.24) is 15.0 Å². The molecule has 0 saturated heterocycles. The van der Waals surface area contributed by atoms with Crippen LogP contribution in [0.2, 0.25) is 0 Å². The second-order valence-electron chi connectivity index (χ2n) is 4.33. The van der Waals surface area contributed by atoms with E-state index in [9.17, 15) is 13.6 Å². The van der Waals surface area contributed by atoms with Gasteiger partial charge in [0.25, 0.3) is 0 Å². The van der Waals surface area contributed by atoms with Crippen molar-refractivity contribution in [2.45, 2.75) is 19.0 Å². The van der Waals surface area contributed by atoms with Crippen molar-refractivity contribution in [2.75, 3.05) is 0 Å². The van der Waals surface area contributed by atoms with Crippen LogP contribution in [-0.4, -0.2) is 32.1 Å². The molecule has 0 fully saturated rings. The van der Waals surface area contributed by atoms with Crippen LogP contribution in [-0.2, 0) is 17.8 Å². The first kappa shape index (κ1) is 14.1. The van der Waals surface area contributed by atoms with Crippen LogP contribution in [0.4, 0.5) is 8.78 Å². The highest BCUT2D eigenvalue weighted by Gasteiger charge is 2.14. The van der Waals surface area contributed by atoms with Gasteiger partial charge in [-0.05, 0) is 17.7 Å². The fraction of sp³-hybridized carbons (Fsp3) is 0.250. The van der Waals surface area contributed by atoms with E-state index >= 15 is 0 Å². The largest absolute Gasteiger partial charge is 0.480 e. The van der Waals surface area contributed by atoms with Gasteiger partial charge in [0.2, 0.25) is 0 Å². The summed E-state index contributed by atoms with van der Waals surface area (Å²) in [6.45, 7) is 0.129. The lowest BCUT2D eigenvalue weighted by atomic mass is 10.2. The van der Waals surface area contributed by atoms with Gasteiger partial charge in [0, 0.05) is 18.7 Å². The number of rotatable bonds is 5. The number of carbonyl (C=O) groups is 1. The molecule has 0 spiro atoms. The zero-order valence-electron chi connectivity index (χ0n) is 10.3. The molecule has 3 N–H and O–H groups in total. The molecule has 20 heavy (non-hydrogen) atoms. The Labute approximate surface area is 112 Å². The van der Waals surface area contributed by atoms with E-state index in [2.05, 4.69) is 10.3 Å². The van der Waals surface area contributed by atoms with Crippen LogP contribution in [0.3, 0.4) is 0 Å². The molecule has 2 rings (SSSR count). The molecule has 0 aliphatic carbocycles. The number of halogens is 2. The van der Waals surface area contributed by atoms with Crippen LogP contribution >= 0.6 is 0 Å². The third-order valence-corrected chi connectivity index (χ3v) is 2.60. The summed E-state index contributed by atoms with van der Waals surface area (Å²) < 4.78 is 27.4. The predicted octanol–water partition coefficient (Wildman–Crippen LogP) is 0.559. The third-order valence-electron chi connectivity index (χ3n) is 2.60. The van der Waals surface area contributed by atoms with E-state index in [0.29, 0.717) is 11.3 Å². The van der Waals surface area contributed by atoms with E-state index in [0.717, 1.165) is 6.07 Å². The summed E-state index contributed by atoms with van der Waals surface area (Å²) in [5, 5.41) is 16.2. The van der Waals surface area contributed by atoms with Crippen molar-refractivity contribution < 1.29 is 18.7 Å². The Kier molecular flexibility index (Phi) is 4.04. The molecule has 8 heteroatoms. The number of carboxylic acid groups (broad SMARTS) is 1. The van der Waals surface area contributed by atoms with Crippen molar-refractivity contribution >= 4 is 5.97 Å². The van der Waals surface area contributed by atoms with Crippen molar-refractivity contribution in [3.63, 3.8) is 0 Å². The number of benzene rings is 1. The van der Waals surface area contributed by atoms with Crippen LogP contribution in [0, 0.1) is 11.6 Å². The molecule has 1 atom stereocenters. The van der Waals surface area contributed by atoms with Gasteiger partial charge in [-0.25, -0.2) is 13.5 Å². The summed E-state index contributed by atoms with van der Waals surface area (Å²) in [4.78, 5) is 10.6. The lowest BCUT2D eigenvalue weighted by Gasteiger charge is -2.02. The fourth-order valence-electron chi connectivity index (χ4n) is 1.71. The Morgan fingerprint density at radius 2 is 2.00 bits per heavy atom. The van der Waals surface area contributed by atoms with Crippen LogP contribution in [0.15, 0.2) is 24.4 Å². The van der Waals surface area contributed by atoms with Gasteiger partial charge in [0.15, 0.2) is 0 Å². The van der Waals surface area contributed by atoms with Crippen LogP contribution in [0.1, 0.15) is 11.3 Å². The van der Waals surface area contributed by atoms with Gasteiger partial charge in [0.05, 0.1) is 12.2 Å². The molecule has 106 valence electrons. The molecule has 1 unspecified atom stereocenters. The Bertz CT molecular complexity index is 609. The standard InChI is InChI=1S/C12H12F2N4O2/c13-8-1-7(2-9(14)3-8)5-18-6-10(16-17-18)4-11(15)12(19)20/h1-3,6,11H,4-5,15H2,(H,19,20). The number of hydrogen-bond acceptors (Lipinski definition) is 4. The molecule has 6 nitrogen and oxygen atoms in total. The highest BCUT2D eigenvalue weighted by atomic mass is 19.1. The van der Waals surface area contributed by atoms with Crippen molar-refractivity contribution in [3.8, 4) is 0 Å². The molecule has 1 heterocycles. The van der Waals surface area contributed by atoms with Crippen molar-refractivity contribution in [1.29, 1.82) is 0 Å². The van der Waals surface area contributed by atoms with Gasteiger partial charge in [-0.3, -0.25) is 4.79 Å². The highest BCUT2D eigenvalue weighted by Crippen LogP contribution is 2.09. The summed E-state index contributed by atoms with van der Waals surface area (Å²) in [6.07, 6.45) is 1.53. The minimum absolute atomic E-state index is 0.0346. The minimum Gasteiger partial charge on any atom is -0.480 e. The highest BCUT2D eigenvalue weighted by molar-refractivity contribution is 5.73. The lowest BCUT2D eigenvalue weighted by molar-refractivity contribution is -0.138. The number of aliphatic carboxylic acids is 1. The minimum atomic E-state index is -1.13. The smallest absolute Gasteiger partial charge is 0.320 e. The molecular formula is C12H12F2N4O2. The third kappa shape index (κ3) is 3.58. The molecule has 0 saturated carbocycles.